The van der Waals surface area contributed by atoms with Crippen LogP contribution in [-0.4, -0.2) is 17.7 Å². The van der Waals surface area contributed by atoms with Gasteiger partial charge in [0.1, 0.15) is 0 Å². The Morgan fingerprint density at radius 1 is 0.971 bits per heavy atom. The Labute approximate surface area is 203 Å². The zero-order valence-electron chi connectivity index (χ0n) is 19.2. The van der Waals surface area contributed by atoms with Gasteiger partial charge in [0.2, 0.25) is 11.8 Å². The first kappa shape index (κ1) is 23.7. The van der Waals surface area contributed by atoms with Crippen LogP contribution in [0.25, 0.3) is 0 Å². The van der Waals surface area contributed by atoms with Crippen LogP contribution in [0.5, 0.6) is 0 Å². The fourth-order valence-electron chi connectivity index (χ4n) is 3.65. The number of benzene rings is 2. The molecule has 3 aromatic rings. The molecule has 1 aliphatic rings. The van der Waals surface area contributed by atoms with E-state index < -0.39 is 0 Å². The molecular weight excluding hydrogens is 446 g/mol. The second-order valence-electron chi connectivity index (χ2n) is 8.64. The van der Waals surface area contributed by atoms with Gasteiger partial charge in [0.25, 0.3) is 5.91 Å². The third-order valence-electron chi connectivity index (χ3n) is 5.79. The van der Waals surface area contributed by atoms with Crippen molar-refractivity contribution in [2.24, 2.45) is 5.92 Å². The summed E-state index contributed by atoms with van der Waals surface area (Å²) in [4.78, 5) is 38.2. The number of aryl methyl sites for hydroxylation is 1. The predicted octanol–water partition coefficient (Wildman–Crippen LogP) is 5.55. The largest absolute Gasteiger partial charge is 0.346 e. The molecule has 176 valence electrons. The molecule has 0 saturated heterocycles. The quantitative estimate of drug-likeness (QED) is 0.359. The summed E-state index contributed by atoms with van der Waals surface area (Å²) < 4.78 is 0. The molecule has 1 aliphatic carbocycles. The van der Waals surface area contributed by atoms with E-state index in [2.05, 4.69) is 22.0 Å². The van der Waals surface area contributed by atoms with Gasteiger partial charge in [-0.2, -0.15) is 0 Å². The lowest BCUT2D eigenvalue weighted by atomic mass is 10.1. The second kappa shape index (κ2) is 11.1. The third-order valence-corrected chi connectivity index (χ3v) is 6.73. The first-order chi connectivity index (χ1) is 16.5. The summed E-state index contributed by atoms with van der Waals surface area (Å²) >= 11 is 1.70. The van der Waals surface area contributed by atoms with Gasteiger partial charge >= 0.3 is 0 Å². The van der Waals surface area contributed by atoms with Gasteiger partial charge in [0.15, 0.2) is 0 Å². The van der Waals surface area contributed by atoms with Gasteiger partial charge < -0.3 is 16.0 Å². The number of hydrogen-bond acceptors (Lipinski definition) is 4. The van der Waals surface area contributed by atoms with Crippen molar-refractivity contribution in [2.75, 3.05) is 10.6 Å². The molecule has 1 heterocycles. The number of thiophene rings is 1. The van der Waals surface area contributed by atoms with Crippen LogP contribution in [0, 0.1) is 5.92 Å². The maximum absolute atomic E-state index is 12.8. The Kier molecular flexibility index (Phi) is 7.75. The molecule has 6 nitrogen and oxygen atoms in total. The summed E-state index contributed by atoms with van der Waals surface area (Å²) in [6.07, 6.45) is 4.04. The van der Waals surface area contributed by atoms with Gasteiger partial charge in [-0.15, -0.1) is 11.3 Å². The predicted molar refractivity (Wildman–Crippen MR) is 136 cm³/mol. The SMILES string of the molecule is CC(NC(=O)c1cccc(NC(=O)CCCc2cccs2)c1)c1ccc(NC(=O)C2CC2)cc1. The Morgan fingerprint density at radius 3 is 2.47 bits per heavy atom. The van der Waals surface area contributed by atoms with E-state index in [0.29, 0.717) is 17.7 Å². The minimum absolute atomic E-state index is 0.0589. The van der Waals surface area contributed by atoms with Gasteiger partial charge in [-0.25, -0.2) is 0 Å². The van der Waals surface area contributed by atoms with E-state index >= 15 is 0 Å². The van der Waals surface area contributed by atoms with Crippen LogP contribution in [-0.2, 0) is 16.0 Å². The van der Waals surface area contributed by atoms with Crippen LogP contribution in [0.3, 0.4) is 0 Å². The first-order valence-corrected chi connectivity index (χ1v) is 12.5. The summed E-state index contributed by atoms with van der Waals surface area (Å²) in [5.74, 6) is -0.0444. The molecular formula is C27H29N3O3S. The maximum Gasteiger partial charge on any atom is 0.251 e. The zero-order chi connectivity index (χ0) is 23.9. The Hall–Kier alpha value is -3.45. The molecule has 0 radical (unpaired) electrons. The van der Waals surface area contributed by atoms with Gasteiger partial charge in [-0.05, 0) is 79.9 Å². The van der Waals surface area contributed by atoms with Crippen molar-refractivity contribution < 1.29 is 14.4 Å². The molecule has 4 rings (SSSR count). The fourth-order valence-corrected chi connectivity index (χ4v) is 4.40. The van der Waals surface area contributed by atoms with E-state index in [1.807, 2.05) is 42.6 Å². The van der Waals surface area contributed by atoms with Gasteiger partial charge in [0.05, 0.1) is 6.04 Å². The van der Waals surface area contributed by atoms with Crippen molar-refractivity contribution >= 4 is 40.4 Å². The van der Waals surface area contributed by atoms with Crippen molar-refractivity contribution in [1.29, 1.82) is 0 Å². The summed E-state index contributed by atoms with van der Waals surface area (Å²) in [7, 11) is 0. The highest BCUT2D eigenvalue weighted by atomic mass is 32.1. The average Bonchev–Trinajstić information content (AvgIpc) is 3.56. The average molecular weight is 476 g/mol. The molecule has 0 aliphatic heterocycles. The van der Waals surface area contributed by atoms with Crippen molar-refractivity contribution in [3.8, 4) is 0 Å². The van der Waals surface area contributed by atoms with Crippen LogP contribution in [0.4, 0.5) is 11.4 Å². The lowest BCUT2D eigenvalue weighted by Crippen LogP contribution is -2.26. The van der Waals surface area contributed by atoms with Crippen LogP contribution in [0.15, 0.2) is 66.0 Å². The van der Waals surface area contributed by atoms with Gasteiger partial charge in [-0.1, -0.05) is 24.3 Å². The summed E-state index contributed by atoms with van der Waals surface area (Å²) in [5.41, 5.74) is 2.79. The summed E-state index contributed by atoms with van der Waals surface area (Å²) in [5, 5.41) is 10.8. The van der Waals surface area contributed by atoms with Crippen molar-refractivity contribution in [1.82, 2.24) is 5.32 Å². The van der Waals surface area contributed by atoms with Crippen molar-refractivity contribution in [3.63, 3.8) is 0 Å². The molecule has 0 spiro atoms. The Bertz CT molecular complexity index is 1140. The highest BCUT2D eigenvalue weighted by Crippen LogP contribution is 2.30. The van der Waals surface area contributed by atoms with Crippen LogP contribution < -0.4 is 16.0 Å². The molecule has 3 amide bonds. The lowest BCUT2D eigenvalue weighted by Gasteiger charge is -2.16. The van der Waals surface area contributed by atoms with E-state index in [1.54, 1.807) is 35.6 Å². The van der Waals surface area contributed by atoms with E-state index in [9.17, 15) is 14.4 Å². The van der Waals surface area contributed by atoms with Crippen LogP contribution in [0.2, 0.25) is 0 Å². The highest BCUT2D eigenvalue weighted by molar-refractivity contribution is 7.09. The normalized spacial score (nSPS) is 13.7. The van der Waals surface area contributed by atoms with Crippen molar-refractivity contribution in [3.05, 3.63) is 82.0 Å². The van der Waals surface area contributed by atoms with Crippen LogP contribution >= 0.6 is 11.3 Å². The summed E-state index contributed by atoms with van der Waals surface area (Å²) in [6, 6.07) is 18.4. The topological polar surface area (TPSA) is 87.3 Å². The minimum atomic E-state index is -0.215. The van der Waals surface area contributed by atoms with Crippen LogP contribution in [0.1, 0.15) is 59.4 Å². The standard InChI is InChI=1S/C27H29N3O3S/c1-18(19-12-14-22(15-13-19)30-26(32)20-10-11-20)28-27(33)21-5-2-6-23(17-21)29-25(31)9-3-7-24-8-4-16-34-24/h2,4-6,8,12-18,20H,3,7,9-11H2,1H3,(H,28,33)(H,29,31)(H,30,32). The number of nitrogens with one attached hydrogen (secondary N) is 3. The molecule has 1 unspecified atom stereocenters. The number of hydrogen-bond donors (Lipinski definition) is 3. The minimum Gasteiger partial charge on any atom is -0.346 e. The van der Waals surface area contributed by atoms with E-state index in [4.69, 9.17) is 0 Å². The number of carbonyl (C=O) groups is 3. The molecule has 1 atom stereocenters. The first-order valence-electron chi connectivity index (χ1n) is 11.6. The van der Waals surface area contributed by atoms with Gasteiger partial charge in [0, 0.05) is 34.2 Å². The number of rotatable bonds is 10. The number of amides is 3. The maximum atomic E-state index is 12.8. The zero-order valence-corrected chi connectivity index (χ0v) is 20.0. The Morgan fingerprint density at radius 2 is 1.76 bits per heavy atom. The third kappa shape index (κ3) is 6.78. The molecule has 7 heteroatoms. The smallest absolute Gasteiger partial charge is 0.251 e. The van der Waals surface area contributed by atoms with E-state index in [0.717, 1.165) is 36.9 Å². The molecule has 1 fully saturated rings. The van der Waals surface area contributed by atoms with E-state index in [-0.39, 0.29) is 29.7 Å². The van der Waals surface area contributed by atoms with E-state index in [1.165, 1.54) is 4.88 Å². The second-order valence-corrected chi connectivity index (χ2v) is 9.67. The molecule has 34 heavy (non-hydrogen) atoms. The summed E-state index contributed by atoms with van der Waals surface area (Å²) in [6.45, 7) is 1.91. The molecule has 2 aromatic carbocycles. The molecule has 1 aromatic heterocycles. The Balaban J connectivity index is 1.27. The number of carbonyl (C=O) groups excluding carboxylic acids is 3. The lowest BCUT2D eigenvalue weighted by molar-refractivity contribution is -0.117. The van der Waals surface area contributed by atoms with Crippen molar-refractivity contribution in [2.45, 2.75) is 45.1 Å². The molecule has 0 bridgehead atoms. The number of anilines is 2. The fraction of sp³-hybridized carbons (Fsp3) is 0.296. The molecule has 1 saturated carbocycles. The highest BCUT2D eigenvalue weighted by Gasteiger charge is 2.29. The monoisotopic (exact) mass is 475 g/mol. The molecule has 3 N–H and O–H groups in total. The van der Waals surface area contributed by atoms with Gasteiger partial charge in [-0.3, -0.25) is 14.4 Å².